The van der Waals surface area contributed by atoms with Crippen LogP contribution in [-0.2, 0) is 0 Å². The molecule has 0 bridgehead atoms. The minimum Gasteiger partial charge on any atom is -0.292 e. The molecular weight excluding hydrogens is 883 g/mol. The molecule has 2 amide bonds. The van der Waals surface area contributed by atoms with Gasteiger partial charge in [-0.1, -0.05) is 91.0 Å². The second-order valence-corrected chi connectivity index (χ2v) is 17.7. The molecule has 0 saturated carbocycles. The van der Waals surface area contributed by atoms with Crippen LogP contribution in [0.25, 0.3) is 111 Å². The van der Waals surface area contributed by atoms with E-state index in [4.69, 9.17) is 19.9 Å². The predicted octanol–water partition coefficient (Wildman–Crippen LogP) is 11.7. The van der Waals surface area contributed by atoms with Gasteiger partial charge in [0.25, 0.3) is 17.4 Å². The van der Waals surface area contributed by atoms with E-state index in [1.54, 1.807) is 22.6 Å². The fourth-order valence-electron chi connectivity index (χ4n) is 10.8. The fourth-order valence-corrected chi connectivity index (χ4v) is 10.8. The van der Waals surface area contributed by atoms with Crippen molar-refractivity contribution in [3.63, 3.8) is 0 Å². The van der Waals surface area contributed by atoms with Crippen molar-refractivity contribution in [3.05, 3.63) is 222 Å². The van der Waals surface area contributed by atoms with Crippen LogP contribution in [-0.4, -0.2) is 49.9 Å². The molecule has 15 rings (SSSR count). The van der Waals surface area contributed by atoms with Gasteiger partial charge in [-0.3, -0.25) is 32.5 Å². The molecule has 12 heteroatoms. The summed E-state index contributed by atoms with van der Waals surface area (Å²) in [6.07, 6.45) is 0. The second-order valence-electron chi connectivity index (χ2n) is 17.7. The van der Waals surface area contributed by atoms with E-state index in [1.807, 2.05) is 150 Å². The first-order valence-electron chi connectivity index (χ1n) is 23.2. The first kappa shape index (κ1) is 39.0. The number of hydrogen-bond acceptors (Lipinski definition) is 7. The largest absolute Gasteiger partial charge is 0.292 e. The van der Waals surface area contributed by atoms with Gasteiger partial charge in [0.2, 0.25) is 5.95 Å². The van der Waals surface area contributed by atoms with Crippen LogP contribution in [0.1, 0.15) is 20.7 Å². The Bertz CT molecular complexity index is 4630. The summed E-state index contributed by atoms with van der Waals surface area (Å²) in [5.41, 5.74) is 10.6. The predicted molar refractivity (Wildman–Crippen MR) is 278 cm³/mol. The van der Waals surface area contributed by atoms with Gasteiger partial charge < -0.3 is 0 Å². The quantitative estimate of drug-likeness (QED) is 0.152. The maximum absolute atomic E-state index is 15.3. The van der Waals surface area contributed by atoms with Gasteiger partial charge in [-0.05, 0) is 109 Å². The van der Waals surface area contributed by atoms with Crippen LogP contribution in [0.5, 0.6) is 0 Å². The highest BCUT2D eigenvalue weighted by atomic mass is 16.2. The van der Waals surface area contributed by atoms with Crippen LogP contribution in [0.15, 0.2) is 205 Å². The van der Waals surface area contributed by atoms with Crippen molar-refractivity contribution in [2.45, 2.75) is 0 Å². The number of pyridine rings is 1. The van der Waals surface area contributed by atoms with E-state index >= 15 is 4.79 Å². The molecule has 0 spiro atoms. The Morgan fingerprint density at radius 1 is 0.338 bits per heavy atom. The number of fused-ring (bicyclic) bond motifs is 7. The Labute approximate surface area is 401 Å². The van der Waals surface area contributed by atoms with Crippen LogP contribution in [0, 0.1) is 0 Å². The summed E-state index contributed by atoms with van der Waals surface area (Å²) in [5.74, 6) is 0.422. The van der Waals surface area contributed by atoms with E-state index in [1.165, 1.54) is 0 Å². The lowest BCUT2D eigenvalue weighted by Crippen LogP contribution is -2.42. The minimum atomic E-state index is -0.540. The molecular formula is C59H33N9O3. The average Bonchev–Trinajstić information content (AvgIpc) is 4.20. The Morgan fingerprint density at radius 3 is 1.34 bits per heavy atom. The summed E-state index contributed by atoms with van der Waals surface area (Å²) >= 11 is 0. The number of amides is 2. The topological polar surface area (TPSA) is 125 Å². The van der Waals surface area contributed by atoms with E-state index in [0.717, 1.165) is 60.7 Å². The number of para-hydroxylation sites is 9. The molecule has 14 aromatic rings. The van der Waals surface area contributed by atoms with Gasteiger partial charge in [-0.15, -0.1) is 0 Å². The van der Waals surface area contributed by atoms with E-state index in [0.29, 0.717) is 55.4 Å². The Kier molecular flexibility index (Phi) is 7.94. The number of anilines is 1. The summed E-state index contributed by atoms with van der Waals surface area (Å²) in [5, 5.41) is 1.89. The third kappa shape index (κ3) is 5.40. The van der Waals surface area contributed by atoms with Crippen LogP contribution in [0.2, 0.25) is 0 Å². The van der Waals surface area contributed by atoms with Crippen molar-refractivity contribution in [1.29, 1.82) is 0 Å². The summed E-state index contributed by atoms with van der Waals surface area (Å²) in [6.45, 7) is 0. The molecule has 0 aliphatic carbocycles. The number of carbonyl (C=O) groups excluding carboxylic acids is 2. The van der Waals surface area contributed by atoms with E-state index in [2.05, 4.69) is 45.5 Å². The molecule has 9 aromatic carbocycles. The molecule has 0 radical (unpaired) electrons. The number of aromatic nitrogens is 8. The molecule has 12 nitrogen and oxygen atoms in total. The number of rotatable bonds is 6. The molecule has 1 aliphatic heterocycles. The molecule has 0 fully saturated rings. The number of imide groups is 1. The summed E-state index contributed by atoms with van der Waals surface area (Å²) in [6, 6.07) is 64.4. The van der Waals surface area contributed by atoms with E-state index in [9.17, 15) is 9.59 Å². The van der Waals surface area contributed by atoms with Crippen molar-refractivity contribution >= 4 is 89.1 Å². The third-order valence-corrected chi connectivity index (χ3v) is 13.9. The zero-order valence-electron chi connectivity index (χ0n) is 37.3. The lowest BCUT2D eigenvalue weighted by Gasteiger charge is -2.27. The van der Waals surface area contributed by atoms with E-state index < -0.39 is 11.8 Å². The maximum Gasteiger partial charge on any atom is 0.268 e. The van der Waals surface area contributed by atoms with Gasteiger partial charge in [0.1, 0.15) is 17.3 Å². The standard InChI is InChI=1S/C59H33N9O3/c69-56-38-30-31-40-52-39(57(70)68(58(40)71)59-63-45-24-12-15-27-49(45)66(59)36-20-8-3-9-21-36)29-28-37(51(38)52)53-62-46-32-41(54-60-43-22-10-13-25-47(43)64(54)34-16-4-1-5-17-34)42(33-50(46)67(53)56)55-61-44-23-11-14-26-48(44)65(55)35-18-6-2-7-19-35/h1-33H. The molecule has 5 aromatic heterocycles. The molecule has 0 atom stereocenters. The molecule has 0 N–H and O–H groups in total. The SMILES string of the molecule is O=C1c2ccc3c(=O)n4c5cc(-c6nc7ccccc7n6-c6ccccc6)c(-c6nc7ccccc7n6-c6ccccc6)cc5nc4c4ccc(c2c34)C(=O)N1c1nc2ccccc2n1-c1ccccc1. The minimum absolute atomic E-state index is 0.178. The molecule has 0 unspecified atom stereocenters. The number of carbonyl (C=O) groups is 2. The lowest BCUT2D eigenvalue weighted by atomic mass is 9.90. The maximum atomic E-state index is 15.3. The van der Waals surface area contributed by atoms with Crippen molar-refractivity contribution in [1.82, 2.24) is 38.0 Å². The molecule has 6 heterocycles. The number of nitrogens with zero attached hydrogens (tertiary/aromatic N) is 9. The molecule has 0 saturated heterocycles. The highest BCUT2D eigenvalue weighted by Crippen LogP contribution is 2.43. The van der Waals surface area contributed by atoms with Gasteiger partial charge >= 0.3 is 0 Å². The smallest absolute Gasteiger partial charge is 0.268 e. The van der Waals surface area contributed by atoms with Crippen molar-refractivity contribution < 1.29 is 9.59 Å². The van der Waals surface area contributed by atoms with Crippen molar-refractivity contribution in [2.24, 2.45) is 0 Å². The fraction of sp³-hybridized carbons (Fsp3) is 0. The molecule has 1 aliphatic rings. The third-order valence-electron chi connectivity index (χ3n) is 13.9. The Balaban J connectivity index is 1.00. The zero-order valence-corrected chi connectivity index (χ0v) is 37.3. The Morgan fingerprint density at radius 2 is 0.789 bits per heavy atom. The summed E-state index contributed by atoms with van der Waals surface area (Å²) in [4.78, 5) is 67.2. The van der Waals surface area contributed by atoms with Crippen LogP contribution in [0.4, 0.5) is 5.95 Å². The monoisotopic (exact) mass is 915 g/mol. The zero-order chi connectivity index (χ0) is 47.1. The normalized spacial score (nSPS) is 12.9. The lowest BCUT2D eigenvalue weighted by molar-refractivity contribution is 0.0891. The van der Waals surface area contributed by atoms with Crippen LogP contribution < -0.4 is 10.5 Å². The molecule has 71 heavy (non-hydrogen) atoms. The van der Waals surface area contributed by atoms with Crippen molar-refractivity contribution in [2.75, 3.05) is 4.90 Å². The van der Waals surface area contributed by atoms with Crippen molar-refractivity contribution in [3.8, 4) is 39.8 Å². The Hall–Kier alpha value is -10.1. The van der Waals surface area contributed by atoms with Gasteiger partial charge in [0.05, 0.1) is 44.1 Å². The molecule has 332 valence electrons. The number of benzene rings is 9. The van der Waals surface area contributed by atoms with Gasteiger partial charge in [0, 0.05) is 60.9 Å². The number of hydrogen-bond donors (Lipinski definition) is 0. The summed E-state index contributed by atoms with van der Waals surface area (Å²) < 4.78 is 7.78. The first-order chi connectivity index (χ1) is 35.0. The van der Waals surface area contributed by atoms with Crippen LogP contribution >= 0.6 is 0 Å². The van der Waals surface area contributed by atoms with E-state index in [-0.39, 0.29) is 22.6 Å². The second kappa shape index (κ2) is 14.5. The average molecular weight is 916 g/mol. The van der Waals surface area contributed by atoms with Gasteiger partial charge in [0.15, 0.2) is 0 Å². The highest BCUT2D eigenvalue weighted by molar-refractivity contribution is 6.38. The van der Waals surface area contributed by atoms with Gasteiger partial charge in [-0.25, -0.2) is 24.8 Å². The number of imidazole rings is 4. The first-order valence-corrected chi connectivity index (χ1v) is 23.2. The van der Waals surface area contributed by atoms with Crippen LogP contribution in [0.3, 0.4) is 0 Å². The summed E-state index contributed by atoms with van der Waals surface area (Å²) in [7, 11) is 0. The highest BCUT2D eigenvalue weighted by Gasteiger charge is 2.39. The van der Waals surface area contributed by atoms with Gasteiger partial charge in [-0.2, -0.15) is 0 Å².